The predicted molar refractivity (Wildman–Crippen MR) is 88.1 cm³/mol. The smallest absolute Gasteiger partial charge is 0.264 e. The van der Waals surface area contributed by atoms with Crippen molar-refractivity contribution in [2.24, 2.45) is 0 Å². The number of aromatic nitrogens is 1. The molecule has 1 aromatic heterocycles. The van der Waals surface area contributed by atoms with Gasteiger partial charge < -0.3 is 5.73 Å². The molecule has 112 valence electrons. The maximum Gasteiger partial charge on any atom is 0.264 e. The number of pyridine rings is 1. The summed E-state index contributed by atoms with van der Waals surface area (Å²) in [6, 6.07) is 4.88. The first-order valence-electron chi connectivity index (χ1n) is 5.92. The molecule has 0 aliphatic heterocycles. The van der Waals surface area contributed by atoms with E-state index in [9.17, 15) is 8.42 Å². The number of nitrogens with one attached hydrogen (secondary N) is 1. The van der Waals surface area contributed by atoms with E-state index in [1.807, 2.05) is 6.92 Å². The third-order valence-corrected chi connectivity index (χ3v) is 5.33. The maximum atomic E-state index is 12.6. The molecule has 0 saturated carbocycles. The number of rotatable bonds is 3. The summed E-state index contributed by atoms with van der Waals surface area (Å²) in [5.74, 6) is 0. The first kappa shape index (κ1) is 16.1. The lowest BCUT2D eigenvalue weighted by Gasteiger charge is -2.14. The van der Waals surface area contributed by atoms with E-state index in [1.54, 1.807) is 19.1 Å². The van der Waals surface area contributed by atoms with Gasteiger partial charge in [0, 0.05) is 10.7 Å². The zero-order valence-corrected chi connectivity index (χ0v) is 14.5. The van der Waals surface area contributed by atoms with E-state index in [-0.39, 0.29) is 21.4 Å². The highest BCUT2D eigenvalue weighted by molar-refractivity contribution is 9.10. The van der Waals surface area contributed by atoms with Gasteiger partial charge in [-0.2, -0.15) is 0 Å². The van der Waals surface area contributed by atoms with Crippen molar-refractivity contribution < 1.29 is 8.42 Å². The second-order valence-electron chi connectivity index (χ2n) is 4.52. The van der Waals surface area contributed by atoms with Crippen molar-refractivity contribution in [1.29, 1.82) is 0 Å². The van der Waals surface area contributed by atoms with Gasteiger partial charge in [-0.1, -0.05) is 17.7 Å². The van der Waals surface area contributed by atoms with Crippen molar-refractivity contribution >= 4 is 48.9 Å². The van der Waals surface area contributed by atoms with E-state index in [1.165, 1.54) is 12.3 Å². The molecule has 0 atom stereocenters. The van der Waals surface area contributed by atoms with Crippen LogP contribution >= 0.6 is 27.5 Å². The number of hydrogen-bond acceptors (Lipinski definition) is 4. The summed E-state index contributed by atoms with van der Waals surface area (Å²) >= 11 is 9.13. The standard InChI is InChI=1S/C13H13BrClN3O2S/c1-7-3-4-10(16)12(8(7)2)21(19,20)18-11-5-9(14)6-17-13(11)15/h3-6,18H,16H2,1-2H3. The van der Waals surface area contributed by atoms with E-state index in [0.717, 1.165) is 5.56 Å². The number of anilines is 2. The fourth-order valence-corrected chi connectivity index (χ4v) is 3.89. The summed E-state index contributed by atoms with van der Waals surface area (Å²) in [5, 5.41) is 0.0608. The molecule has 0 spiro atoms. The Hall–Kier alpha value is -1.31. The number of nitrogens with two attached hydrogens (primary N) is 1. The van der Waals surface area contributed by atoms with Crippen LogP contribution in [-0.2, 0) is 10.0 Å². The van der Waals surface area contributed by atoms with Gasteiger partial charge in [0.1, 0.15) is 4.90 Å². The van der Waals surface area contributed by atoms with Gasteiger partial charge in [-0.3, -0.25) is 4.72 Å². The first-order chi connectivity index (χ1) is 9.72. The van der Waals surface area contributed by atoms with Crippen LogP contribution in [0.3, 0.4) is 0 Å². The quantitative estimate of drug-likeness (QED) is 0.620. The Balaban J connectivity index is 2.54. The molecule has 0 aliphatic carbocycles. The average molecular weight is 391 g/mol. The molecule has 21 heavy (non-hydrogen) atoms. The van der Waals surface area contributed by atoms with E-state index >= 15 is 0 Å². The van der Waals surface area contributed by atoms with Gasteiger partial charge in [0.2, 0.25) is 0 Å². The molecule has 0 unspecified atom stereocenters. The molecule has 0 bridgehead atoms. The highest BCUT2D eigenvalue weighted by atomic mass is 79.9. The van der Waals surface area contributed by atoms with Gasteiger partial charge in [-0.25, -0.2) is 13.4 Å². The zero-order chi connectivity index (χ0) is 15.8. The molecule has 5 nitrogen and oxygen atoms in total. The molecule has 2 aromatic rings. The lowest BCUT2D eigenvalue weighted by Crippen LogP contribution is -2.17. The molecule has 0 amide bonds. The summed E-state index contributed by atoms with van der Waals surface area (Å²) in [4.78, 5) is 3.93. The monoisotopic (exact) mass is 389 g/mol. The van der Waals surface area contributed by atoms with E-state index in [4.69, 9.17) is 17.3 Å². The molecule has 1 heterocycles. The van der Waals surface area contributed by atoms with Crippen molar-refractivity contribution in [2.45, 2.75) is 18.7 Å². The lowest BCUT2D eigenvalue weighted by atomic mass is 10.1. The summed E-state index contributed by atoms with van der Waals surface area (Å²) in [6.07, 6.45) is 1.48. The third-order valence-electron chi connectivity index (χ3n) is 3.03. The minimum absolute atomic E-state index is 0.0542. The van der Waals surface area contributed by atoms with Crippen molar-refractivity contribution in [1.82, 2.24) is 4.98 Å². The largest absolute Gasteiger partial charge is 0.398 e. The number of nitrogens with zero attached hydrogens (tertiary/aromatic N) is 1. The summed E-state index contributed by atoms with van der Waals surface area (Å²) in [7, 11) is -3.86. The normalized spacial score (nSPS) is 11.4. The van der Waals surface area contributed by atoms with Crippen LogP contribution in [0.2, 0.25) is 5.15 Å². The van der Waals surface area contributed by atoms with Gasteiger partial charge in [0.25, 0.3) is 10.0 Å². The second-order valence-corrected chi connectivity index (χ2v) is 7.42. The van der Waals surface area contributed by atoms with Crippen LogP contribution in [-0.4, -0.2) is 13.4 Å². The summed E-state index contributed by atoms with van der Waals surface area (Å²) < 4.78 is 28.2. The molecular formula is C13H13BrClN3O2S. The number of hydrogen-bond donors (Lipinski definition) is 2. The van der Waals surface area contributed by atoms with Crippen LogP contribution < -0.4 is 10.5 Å². The van der Waals surface area contributed by atoms with Crippen LogP contribution in [0.4, 0.5) is 11.4 Å². The van der Waals surface area contributed by atoms with Gasteiger partial charge in [0.15, 0.2) is 5.15 Å². The number of aryl methyl sites for hydroxylation is 1. The van der Waals surface area contributed by atoms with Crippen molar-refractivity contribution in [2.75, 3.05) is 10.5 Å². The Morgan fingerprint density at radius 2 is 2.00 bits per heavy atom. The molecule has 1 aromatic carbocycles. The Bertz CT molecular complexity index is 809. The molecular weight excluding hydrogens is 378 g/mol. The Morgan fingerprint density at radius 1 is 1.33 bits per heavy atom. The zero-order valence-electron chi connectivity index (χ0n) is 11.3. The second kappa shape index (κ2) is 5.82. The third kappa shape index (κ3) is 3.30. The number of sulfonamides is 1. The first-order valence-corrected chi connectivity index (χ1v) is 8.57. The average Bonchev–Trinajstić information content (AvgIpc) is 2.38. The predicted octanol–water partition coefficient (Wildman–Crippen LogP) is 3.50. The highest BCUT2D eigenvalue weighted by Gasteiger charge is 2.22. The lowest BCUT2D eigenvalue weighted by molar-refractivity contribution is 0.601. The fraction of sp³-hybridized carbons (Fsp3) is 0.154. The minimum atomic E-state index is -3.86. The van der Waals surface area contributed by atoms with Gasteiger partial charge in [-0.15, -0.1) is 0 Å². The Kier molecular flexibility index (Phi) is 4.46. The van der Waals surface area contributed by atoms with Crippen molar-refractivity contribution in [3.63, 3.8) is 0 Å². The maximum absolute atomic E-state index is 12.6. The van der Waals surface area contributed by atoms with Gasteiger partial charge in [-0.05, 0) is 53.0 Å². The van der Waals surface area contributed by atoms with Crippen LogP contribution in [0.5, 0.6) is 0 Å². The fourth-order valence-electron chi connectivity index (χ4n) is 1.86. The topological polar surface area (TPSA) is 85.1 Å². The van der Waals surface area contributed by atoms with E-state index in [0.29, 0.717) is 10.0 Å². The SMILES string of the molecule is Cc1ccc(N)c(S(=O)(=O)Nc2cc(Br)cnc2Cl)c1C. The van der Waals surface area contributed by atoms with Crippen molar-refractivity contribution in [3.8, 4) is 0 Å². The molecule has 2 rings (SSSR count). The molecule has 0 aliphatic rings. The molecule has 0 fully saturated rings. The van der Waals surface area contributed by atoms with Gasteiger partial charge in [0.05, 0.1) is 11.4 Å². The van der Waals surface area contributed by atoms with E-state index in [2.05, 4.69) is 25.6 Å². The molecule has 0 radical (unpaired) electrons. The summed E-state index contributed by atoms with van der Waals surface area (Å²) in [5.41, 5.74) is 7.63. The van der Waals surface area contributed by atoms with Crippen LogP contribution in [0.1, 0.15) is 11.1 Å². The number of benzene rings is 1. The van der Waals surface area contributed by atoms with Crippen LogP contribution in [0, 0.1) is 13.8 Å². The molecule has 8 heteroatoms. The van der Waals surface area contributed by atoms with Crippen LogP contribution in [0.15, 0.2) is 33.8 Å². The minimum Gasteiger partial charge on any atom is -0.398 e. The number of halogens is 2. The molecule has 3 N–H and O–H groups in total. The van der Waals surface area contributed by atoms with Gasteiger partial charge >= 0.3 is 0 Å². The van der Waals surface area contributed by atoms with Crippen LogP contribution in [0.25, 0.3) is 0 Å². The van der Waals surface area contributed by atoms with E-state index < -0.39 is 10.0 Å². The Labute approximate surface area is 136 Å². The molecule has 0 saturated heterocycles. The number of nitrogen functional groups attached to an aromatic ring is 1. The Morgan fingerprint density at radius 3 is 2.67 bits per heavy atom. The highest BCUT2D eigenvalue weighted by Crippen LogP contribution is 2.30. The summed E-state index contributed by atoms with van der Waals surface area (Å²) in [6.45, 7) is 3.53. The van der Waals surface area contributed by atoms with Crippen molar-refractivity contribution in [3.05, 3.63) is 45.1 Å².